The predicted molar refractivity (Wildman–Crippen MR) is 90.3 cm³/mol. The van der Waals surface area contributed by atoms with E-state index in [0.717, 1.165) is 48.9 Å². The van der Waals surface area contributed by atoms with Gasteiger partial charge in [0.1, 0.15) is 5.82 Å². The van der Waals surface area contributed by atoms with Gasteiger partial charge in [0.2, 0.25) is 5.91 Å². The Kier molecular flexibility index (Phi) is 5.08. The second kappa shape index (κ2) is 7.43. The van der Waals surface area contributed by atoms with Gasteiger partial charge in [-0.05, 0) is 43.4 Å². The minimum atomic E-state index is -0.304. The number of rotatable bonds is 4. The molecule has 0 bridgehead atoms. The van der Waals surface area contributed by atoms with Crippen LogP contribution < -0.4 is 10.7 Å². The van der Waals surface area contributed by atoms with Gasteiger partial charge in [-0.25, -0.2) is 4.39 Å². The van der Waals surface area contributed by atoms with Crippen molar-refractivity contribution in [3.8, 4) is 0 Å². The van der Waals surface area contributed by atoms with Gasteiger partial charge in [-0.15, -0.1) is 0 Å². The van der Waals surface area contributed by atoms with Gasteiger partial charge in [0.15, 0.2) is 5.43 Å². The van der Waals surface area contributed by atoms with Crippen molar-refractivity contribution in [2.24, 2.45) is 0 Å². The van der Waals surface area contributed by atoms with E-state index in [2.05, 4.69) is 10.3 Å². The number of nitrogens with one attached hydrogen (secondary N) is 2. The van der Waals surface area contributed by atoms with Gasteiger partial charge in [0, 0.05) is 29.6 Å². The summed E-state index contributed by atoms with van der Waals surface area (Å²) in [6.45, 7) is 0.321. The second-order valence-electron chi connectivity index (χ2n) is 6.24. The summed E-state index contributed by atoms with van der Waals surface area (Å²) < 4.78 is 12.9. The van der Waals surface area contributed by atoms with Crippen molar-refractivity contribution in [1.82, 2.24) is 10.3 Å². The summed E-state index contributed by atoms with van der Waals surface area (Å²) >= 11 is 0. The van der Waals surface area contributed by atoms with Crippen LogP contribution in [0.3, 0.4) is 0 Å². The zero-order valence-corrected chi connectivity index (χ0v) is 13.5. The van der Waals surface area contributed by atoms with E-state index in [0.29, 0.717) is 12.1 Å². The number of aryl methyl sites for hydroxylation is 1. The number of fused-ring (bicyclic) bond motifs is 1. The Labute approximate surface area is 140 Å². The van der Waals surface area contributed by atoms with Gasteiger partial charge in [-0.3, -0.25) is 9.59 Å². The normalized spacial score (nSPS) is 13.9. The zero-order valence-electron chi connectivity index (χ0n) is 13.5. The molecule has 5 heteroatoms. The monoisotopic (exact) mass is 328 g/mol. The van der Waals surface area contributed by atoms with E-state index < -0.39 is 0 Å². The molecule has 0 unspecified atom stereocenters. The lowest BCUT2D eigenvalue weighted by atomic mass is 10.0. The third-order valence-corrected chi connectivity index (χ3v) is 4.46. The fourth-order valence-corrected chi connectivity index (χ4v) is 3.10. The van der Waals surface area contributed by atoms with E-state index in [1.54, 1.807) is 18.3 Å². The molecular weight excluding hydrogens is 307 g/mol. The summed E-state index contributed by atoms with van der Waals surface area (Å²) in [4.78, 5) is 27.9. The first-order valence-corrected chi connectivity index (χ1v) is 8.37. The third kappa shape index (κ3) is 3.91. The van der Waals surface area contributed by atoms with Gasteiger partial charge >= 0.3 is 0 Å². The Hall–Kier alpha value is -2.43. The summed E-state index contributed by atoms with van der Waals surface area (Å²) in [7, 11) is 0. The first-order valence-electron chi connectivity index (χ1n) is 8.37. The zero-order chi connectivity index (χ0) is 16.9. The van der Waals surface area contributed by atoms with Crippen LogP contribution in [0, 0.1) is 5.82 Å². The SMILES string of the molecule is O=C(Cc1c[nH]c2c(c1=O)CCCCC2)NCc1ccc(F)cc1. The minimum Gasteiger partial charge on any atom is -0.364 e. The summed E-state index contributed by atoms with van der Waals surface area (Å²) in [5, 5.41) is 2.77. The number of amides is 1. The topological polar surface area (TPSA) is 62.0 Å². The van der Waals surface area contributed by atoms with Crippen LogP contribution in [0.2, 0.25) is 0 Å². The molecule has 126 valence electrons. The number of hydrogen-bond acceptors (Lipinski definition) is 2. The molecule has 3 rings (SSSR count). The molecule has 4 nitrogen and oxygen atoms in total. The van der Waals surface area contributed by atoms with Crippen molar-refractivity contribution in [3.05, 3.63) is 68.9 Å². The molecule has 0 radical (unpaired) electrons. The Bertz CT molecular complexity index is 781. The average molecular weight is 328 g/mol. The number of halogens is 1. The number of H-pyrrole nitrogens is 1. The molecule has 1 aromatic heterocycles. The predicted octanol–water partition coefficient (Wildman–Crippen LogP) is 2.64. The molecule has 2 N–H and O–H groups in total. The van der Waals surface area contributed by atoms with Crippen LogP contribution in [0.25, 0.3) is 0 Å². The fourth-order valence-electron chi connectivity index (χ4n) is 3.10. The minimum absolute atomic E-state index is 0.00239. The van der Waals surface area contributed by atoms with Crippen molar-refractivity contribution in [1.29, 1.82) is 0 Å². The Balaban J connectivity index is 1.65. The molecule has 1 heterocycles. The lowest BCUT2D eigenvalue weighted by molar-refractivity contribution is -0.120. The van der Waals surface area contributed by atoms with Crippen molar-refractivity contribution in [3.63, 3.8) is 0 Å². The van der Waals surface area contributed by atoms with Crippen LogP contribution in [0.5, 0.6) is 0 Å². The van der Waals surface area contributed by atoms with E-state index in [-0.39, 0.29) is 23.6 Å². The lowest BCUT2D eigenvalue weighted by Crippen LogP contribution is -2.28. The van der Waals surface area contributed by atoms with Gasteiger partial charge < -0.3 is 10.3 Å². The van der Waals surface area contributed by atoms with Crippen molar-refractivity contribution in [2.75, 3.05) is 0 Å². The van der Waals surface area contributed by atoms with Crippen molar-refractivity contribution >= 4 is 5.91 Å². The molecular formula is C19H21FN2O2. The number of aromatic nitrogens is 1. The van der Waals surface area contributed by atoms with Crippen molar-refractivity contribution in [2.45, 2.75) is 45.1 Å². The van der Waals surface area contributed by atoms with Gasteiger partial charge in [-0.2, -0.15) is 0 Å². The largest absolute Gasteiger partial charge is 0.364 e. The van der Waals surface area contributed by atoms with E-state index >= 15 is 0 Å². The summed E-state index contributed by atoms with van der Waals surface area (Å²) in [6.07, 6.45) is 6.68. The molecule has 0 saturated heterocycles. The number of pyridine rings is 1. The molecule has 1 amide bonds. The summed E-state index contributed by atoms with van der Waals surface area (Å²) in [5.41, 5.74) is 3.19. The number of carbonyl (C=O) groups excluding carboxylic acids is 1. The maximum absolute atomic E-state index is 12.9. The van der Waals surface area contributed by atoms with E-state index in [9.17, 15) is 14.0 Å². The van der Waals surface area contributed by atoms with Crippen molar-refractivity contribution < 1.29 is 9.18 Å². The summed E-state index contributed by atoms with van der Waals surface area (Å²) in [5.74, 6) is -0.514. The molecule has 1 aromatic carbocycles. The number of benzene rings is 1. The molecule has 1 aliphatic rings. The maximum Gasteiger partial charge on any atom is 0.224 e. The van der Waals surface area contributed by atoms with E-state index in [1.807, 2.05) is 0 Å². The number of aromatic amines is 1. The highest BCUT2D eigenvalue weighted by molar-refractivity contribution is 5.78. The van der Waals surface area contributed by atoms with Crippen LogP contribution >= 0.6 is 0 Å². The Morgan fingerprint density at radius 1 is 1.12 bits per heavy atom. The first-order chi connectivity index (χ1) is 11.6. The quantitative estimate of drug-likeness (QED) is 0.848. The van der Waals surface area contributed by atoms with Gasteiger partial charge in [-0.1, -0.05) is 18.6 Å². The molecule has 0 spiro atoms. The van der Waals surface area contributed by atoms with Crippen LogP contribution in [0.4, 0.5) is 4.39 Å². The number of hydrogen-bond donors (Lipinski definition) is 2. The molecule has 0 atom stereocenters. The van der Waals surface area contributed by atoms with Gasteiger partial charge in [0.05, 0.1) is 6.42 Å². The first kappa shape index (κ1) is 16.4. The smallest absolute Gasteiger partial charge is 0.224 e. The Morgan fingerprint density at radius 3 is 2.67 bits per heavy atom. The highest BCUT2D eigenvalue weighted by Gasteiger charge is 2.16. The molecule has 0 fully saturated rings. The molecule has 24 heavy (non-hydrogen) atoms. The van der Waals surface area contributed by atoms with Gasteiger partial charge in [0.25, 0.3) is 0 Å². The maximum atomic E-state index is 12.9. The van der Waals surface area contributed by atoms with E-state index in [4.69, 9.17) is 0 Å². The third-order valence-electron chi connectivity index (χ3n) is 4.46. The highest BCUT2D eigenvalue weighted by atomic mass is 19.1. The average Bonchev–Trinajstić information content (AvgIpc) is 2.83. The van der Waals surface area contributed by atoms with Crippen LogP contribution in [-0.4, -0.2) is 10.9 Å². The fraction of sp³-hybridized carbons (Fsp3) is 0.368. The van der Waals surface area contributed by atoms with Crippen LogP contribution in [0.15, 0.2) is 35.3 Å². The molecule has 1 aliphatic carbocycles. The highest BCUT2D eigenvalue weighted by Crippen LogP contribution is 2.16. The Morgan fingerprint density at radius 2 is 1.88 bits per heavy atom. The standard InChI is InChI=1S/C19H21FN2O2/c20-15-8-6-13(7-9-15)11-22-18(23)10-14-12-21-17-5-3-1-2-4-16(17)19(14)24/h6-9,12H,1-5,10-11H2,(H,21,24)(H,22,23). The molecule has 0 aliphatic heterocycles. The lowest BCUT2D eigenvalue weighted by Gasteiger charge is -2.09. The molecule has 2 aromatic rings. The molecule has 0 saturated carbocycles. The second-order valence-corrected chi connectivity index (χ2v) is 6.24. The summed E-state index contributed by atoms with van der Waals surface area (Å²) in [6, 6.07) is 5.98. The number of carbonyl (C=O) groups is 1. The van der Waals surface area contributed by atoms with Crippen LogP contribution in [0.1, 0.15) is 41.6 Å². The van der Waals surface area contributed by atoms with E-state index in [1.165, 1.54) is 12.1 Å². The van der Waals surface area contributed by atoms with Crippen LogP contribution in [-0.2, 0) is 30.6 Å².